The van der Waals surface area contributed by atoms with Gasteiger partial charge in [-0.2, -0.15) is 0 Å². The molecule has 0 radical (unpaired) electrons. The number of para-hydroxylation sites is 1. The molecular formula is C39H40N6O2. The topological polar surface area (TPSA) is 115 Å². The van der Waals surface area contributed by atoms with Crippen LogP contribution in [0, 0.1) is 5.92 Å². The van der Waals surface area contributed by atoms with Gasteiger partial charge in [-0.25, -0.2) is 4.98 Å². The van der Waals surface area contributed by atoms with Crippen LogP contribution in [-0.2, 0) is 22.4 Å². The fourth-order valence-corrected chi connectivity index (χ4v) is 6.63. The lowest BCUT2D eigenvalue weighted by molar-refractivity contribution is -0.132. The number of rotatable bonds is 11. The lowest BCUT2D eigenvalue weighted by Crippen LogP contribution is -2.50. The minimum atomic E-state index is -0.696. The number of hydrogen-bond acceptors (Lipinski definition) is 4. The molecule has 1 saturated heterocycles. The molecule has 2 aromatic heterocycles. The molecule has 3 heterocycles. The van der Waals surface area contributed by atoms with Gasteiger partial charge in [-0.1, -0.05) is 91.0 Å². The number of nitrogens with one attached hydrogen (secondary N) is 5. The van der Waals surface area contributed by atoms with Crippen molar-refractivity contribution < 1.29 is 9.59 Å². The summed E-state index contributed by atoms with van der Waals surface area (Å²) in [5, 5.41) is 13.2. The first-order chi connectivity index (χ1) is 23.1. The molecule has 8 nitrogen and oxygen atoms in total. The molecule has 47 heavy (non-hydrogen) atoms. The highest BCUT2D eigenvalue weighted by molar-refractivity contribution is 5.89. The van der Waals surface area contributed by atoms with E-state index in [-0.39, 0.29) is 17.7 Å². The largest absolute Gasteiger partial charge is 0.361 e. The molecule has 0 bridgehead atoms. The van der Waals surface area contributed by atoms with Crippen LogP contribution in [-0.4, -0.2) is 45.9 Å². The van der Waals surface area contributed by atoms with E-state index in [9.17, 15) is 9.59 Å². The maximum absolute atomic E-state index is 14.3. The van der Waals surface area contributed by atoms with Gasteiger partial charge in [-0.3, -0.25) is 9.59 Å². The molecule has 238 valence electrons. The first-order valence-electron chi connectivity index (χ1n) is 16.6. The lowest BCUT2D eigenvalue weighted by Gasteiger charge is -2.26. The first kappa shape index (κ1) is 30.4. The number of benzene rings is 4. The molecule has 0 unspecified atom stereocenters. The van der Waals surface area contributed by atoms with Crippen LogP contribution in [0.1, 0.15) is 42.3 Å². The molecule has 5 N–H and O–H groups in total. The van der Waals surface area contributed by atoms with E-state index in [0.29, 0.717) is 25.1 Å². The van der Waals surface area contributed by atoms with Gasteiger partial charge in [0.15, 0.2) is 0 Å². The number of fused-ring (bicyclic) bond motifs is 2. The summed E-state index contributed by atoms with van der Waals surface area (Å²) in [5.74, 6) is 0.298. The van der Waals surface area contributed by atoms with Gasteiger partial charge >= 0.3 is 0 Å². The van der Waals surface area contributed by atoms with Crippen LogP contribution in [0.3, 0.4) is 0 Å². The molecule has 1 aliphatic rings. The second kappa shape index (κ2) is 14.1. The van der Waals surface area contributed by atoms with Crippen molar-refractivity contribution in [2.24, 2.45) is 5.92 Å². The van der Waals surface area contributed by atoms with Crippen molar-refractivity contribution in [3.8, 4) is 11.3 Å². The van der Waals surface area contributed by atoms with Crippen molar-refractivity contribution in [2.75, 3.05) is 13.1 Å². The molecule has 0 spiro atoms. The summed E-state index contributed by atoms with van der Waals surface area (Å²) in [6, 6.07) is 31.7. The second-order valence-electron chi connectivity index (χ2n) is 12.5. The maximum atomic E-state index is 14.3. The van der Waals surface area contributed by atoms with Gasteiger partial charge in [-0.05, 0) is 72.3 Å². The van der Waals surface area contributed by atoms with Gasteiger partial charge in [-0.15, -0.1) is 0 Å². The van der Waals surface area contributed by atoms with Gasteiger partial charge in [0.05, 0.1) is 17.9 Å². The van der Waals surface area contributed by atoms with Crippen LogP contribution in [0.2, 0.25) is 0 Å². The van der Waals surface area contributed by atoms with Gasteiger partial charge < -0.3 is 25.9 Å². The Bertz CT molecular complexity index is 1970. The van der Waals surface area contributed by atoms with E-state index < -0.39 is 12.1 Å². The van der Waals surface area contributed by atoms with Gasteiger partial charge in [0.1, 0.15) is 11.9 Å². The summed E-state index contributed by atoms with van der Waals surface area (Å²) < 4.78 is 0. The number of carbonyl (C=O) groups is 2. The quantitative estimate of drug-likeness (QED) is 0.118. The predicted molar refractivity (Wildman–Crippen MR) is 187 cm³/mol. The monoisotopic (exact) mass is 624 g/mol. The summed E-state index contributed by atoms with van der Waals surface area (Å²) in [6.07, 6.45) is 7.01. The van der Waals surface area contributed by atoms with Crippen LogP contribution >= 0.6 is 0 Å². The number of nitrogens with zero attached hydrogens (tertiary/aromatic N) is 1. The smallest absolute Gasteiger partial charge is 0.243 e. The average Bonchev–Trinajstić information content (AvgIpc) is 3.78. The van der Waals surface area contributed by atoms with E-state index in [2.05, 4.69) is 62.3 Å². The van der Waals surface area contributed by atoms with Crippen molar-refractivity contribution in [2.45, 2.75) is 44.2 Å². The molecule has 1 fully saturated rings. The zero-order valence-electron chi connectivity index (χ0n) is 26.3. The van der Waals surface area contributed by atoms with Crippen LogP contribution < -0.4 is 16.0 Å². The summed E-state index contributed by atoms with van der Waals surface area (Å²) >= 11 is 0. The van der Waals surface area contributed by atoms with Gasteiger partial charge in [0, 0.05) is 29.4 Å². The van der Waals surface area contributed by atoms with Gasteiger partial charge in [0.25, 0.3) is 0 Å². The van der Waals surface area contributed by atoms with Crippen molar-refractivity contribution in [1.82, 2.24) is 30.9 Å². The highest BCUT2D eigenvalue weighted by atomic mass is 16.2. The number of piperidine rings is 1. The summed E-state index contributed by atoms with van der Waals surface area (Å²) in [4.78, 5) is 39.3. The number of aryl methyl sites for hydroxylation is 1. The van der Waals surface area contributed by atoms with Crippen molar-refractivity contribution in [1.29, 1.82) is 0 Å². The Kier molecular flexibility index (Phi) is 9.10. The second-order valence-corrected chi connectivity index (χ2v) is 12.5. The Labute approximate surface area is 274 Å². The number of amides is 2. The van der Waals surface area contributed by atoms with Crippen LogP contribution in [0.4, 0.5) is 0 Å². The molecule has 2 amide bonds. The third-order valence-electron chi connectivity index (χ3n) is 9.30. The molecule has 6 aromatic rings. The standard InChI is InChI=1S/C39H40N6O2/c46-38(29-18-20-40-21-19-29)44-34(17-15-26-14-16-27-8-4-5-11-30(27)22-26)39(47)45-35(23-31-24-41-33-13-7-6-12-32(31)33)37-42-25-36(43-37)28-9-2-1-3-10-28/h1-14,16,22,24-25,29,34-35,40-41H,15,17-21,23H2,(H,42,43)(H,44,46)(H,45,47)/t34-,35-/m1/s1. The first-order valence-corrected chi connectivity index (χ1v) is 16.6. The number of H-pyrrole nitrogens is 2. The zero-order chi connectivity index (χ0) is 32.0. The highest BCUT2D eigenvalue weighted by Gasteiger charge is 2.29. The minimum Gasteiger partial charge on any atom is -0.361 e. The van der Waals surface area contributed by atoms with Crippen LogP contribution in [0.15, 0.2) is 109 Å². The lowest BCUT2D eigenvalue weighted by atomic mass is 9.95. The molecule has 0 saturated carbocycles. The summed E-state index contributed by atoms with van der Waals surface area (Å²) in [7, 11) is 0. The average molecular weight is 625 g/mol. The van der Waals surface area contributed by atoms with Crippen LogP contribution in [0.25, 0.3) is 32.9 Å². The van der Waals surface area contributed by atoms with Crippen molar-refractivity contribution in [3.05, 3.63) is 126 Å². The number of carbonyl (C=O) groups excluding carboxylic acids is 2. The maximum Gasteiger partial charge on any atom is 0.243 e. The van der Waals surface area contributed by atoms with E-state index in [1.165, 1.54) is 5.39 Å². The predicted octanol–water partition coefficient (Wildman–Crippen LogP) is 6.23. The van der Waals surface area contributed by atoms with E-state index in [1.54, 1.807) is 0 Å². The van der Waals surface area contributed by atoms with Gasteiger partial charge in [0.2, 0.25) is 11.8 Å². The highest BCUT2D eigenvalue weighted by Crippen LogP contribution is 2.26. The Hall–Kier alpha value is -5.21. The van der Waals surface area contributed by atoms with E-state index in [4.69, 9.17) is 4.98 Å². The number of aromatic nitrogens is 3. The summed E-state index contributed by atoms with van der Waals surface area (Å²) in [5.41, 5.74) is 5.15. The van der Waals surface area contributed by atoms with E-state index in [1.807, 2.05) is 73.1 Å². The molecule has 7 rings (SSSR count). The van der Waals surface area contributed by atoms with Crippen molar-refractivity contribution >= 4 is 33.5 Å². The molecule has 1 aliphatic heterocycles. The zero-order valence-corrected chi connectivity index (χ0v) is 26.3. The van der Waals surface area contributed by atoms with Crippen molar-refractivity contribution in [3.63, 3.8) is 0 Å². The molecule has 2 atom stereocenters. The molecular weight excluding hydrogens is 584 g/mol. The normalized spacial score (nSPS) is 15.0. The SMILES string of the molecule is O=C(N[C@H](CCc1ccc2ccccc2c1)C(=O)N[C@H](Cc1c[nH]c2ccccc12)c1ncc(-c2ccccc2)[nH]1)C1CCNCC1. The fourth-order valence-electron chi connectivity index (χ4n) is 6.63. The molecule has 8 heteroatoms. The molecule has 4 aromatic carbocycles. The third-order valence-corrected chi connectivity index (χ3v) is 9.30. The molecule has 0 aliphatic carbocycles. The minimum absolute atomic E-state index is 0.0531. The van der Waals surface area contributed by atoms with E-state index in [0.717, 1.165) is 64.6 Å². The Balaban J connectivity index is 1.16. The third kappa shape index (κ3) is 7.13. The fraction of sp³-hybridized carbons (Fsp3) is 0.256. The number of hydrogen-bond donors (Lipinski definition) is 5. The summed E-state index contributed by atoms with van der Waals surface area (Å²) in [6.45, 7) is 1.61. The number of aromatic amines is 2. The Morgan fingerprint density at radius 2 is 1.62 bits per heavy atom. The number of imidazole rings is 1. The van der Waals surface area contributed by atoms with Crippen LogP contribution in [0.5, 0.6) is 0 Å². The van der Waals surface area contributed by atoms with E-state index >= 15 is 0 Å². The Morgan fingerprint density at radius 1 is 0.851 bits per heavy atom. The Morgan fingerprint density at radius 3 is 2.47 bits per heavy atom.